The van der Waals surface area contributed by atoms with E-state index < -0.39 is 24.9 Å². The van der Waals surface area contributed by atoms with Crippen molar-refractivity contribution in [2.24, 2.45) is 0 Å². The van der Waals surface area contributed by atoms with E-state index in [1.807, 2.05) is 0 Å². The average molecular weight is 278 g/mol. The van der Waals surface area contributed by atoms with Crippen LogP contribution in [-0.2, 0) is 19.9 Å². The molecule has 6 nitrogen and oxygen atoms in total. The maximum atomic E-state index is 11.8. The summed E-state index contributed by atoms with van der Waals surface area (Å²) in [7, 11) is -6.28. The second kappa shape index (κ2) is 4.53. The molecule has 1 aromatic carbocycles. The number of nitrogen functional groups attached to an aromatic ring is 1. The Morgan fingerprint density at radius 1 is 1.18 bits per heavy atom. The minimum absolute atomic E-state index is 0.260. The summed E-state index contributed by atoms with van der Waals surface area (Å²) in [6.07, 6.45) is 0.868. The second-order valence-electron chi connectivity index (χ2n) is 3.68. The molecule has 0 aromatic heterocycles. The molecule has 0 radical (unpaired) electrons. The fraction of sp³-hybridized carbons (Fsp3) is 0.333. The lowest BCUT2D eigenvalue weighted by molar-refractivity contribution is 0.590. The molecule has 0 unspecified atom stereocenters. The first kappa shape index (κ1) is 13.8. The van der Waals surface area contributed by atoms with Crippen molar-refractivity contribution >= 4 is 31.2 Å². The summed E-state index contributed by atoms with van der Waals surface area (Å²) in [6, 6.07) is 6.34. The fourth-order valence-corrected chi connectivity index (χ4v) is 4.54. The molecule has 0 amide bonds. The Morgan fingerprint density at radius 3 is 2.18 bits per heavy atom. The zero-order valence-corrected chi connectivity index (χ0v) is 11.1. The number of anilines is 2. The Morgan fingerprint density at radius 2 is 1.71 bits per heavy atom. The first-order valence-corrected chi connectivity index (χ1v) is 8.29. The van der Waals surface area contributed by atoms with Crippen LogP contribution in [0.2, 0.25) is 0 Å². The van der Waals surface area contributed by atoms with Gasteiger partial charge in [-0.1, -0.05) is 12.1 Å². The monoisotopic (exact) mass is 278 g/mol. The third kappa shape index (κ3) is 3.60. The van der Waals surface area contributed by atoms with Crippen LogP contribution in [0.3, 0.4) is 0 Å². The Labute approximate surface area is 101 Å². The van der Waals surface area contributed by atoms with E-state index >= 15 is 0 Å². The molecule has 1 aromatic rings. The molecule has 0 saturated heterocycles. The smallest absolute Gasteiger partial charge is 0.249 e. The van der Waals surface area contributed by atoms with Crippen molar-refractivity contribution < 1.29 is 16.8 Å². The molecule has 2 N–H and O–H groups in total. The molecule has 0 aliphatic heterocycles. The van der Waals surface area contributed by atoms with Gasteiger partial charge in [-0.3, -0.25) is 4.31 Å². The molecule has 8 heteroatoms. The normalized spacial score (nSPS) is 12.4. The lowest BCUT2D eigenvalue weighted by atomic mass is 10.3. The summed E-state index contributed by atoms with van der Waals surface area (Å²) in [5, 5.41) is -0.940. The van der Waals surface area contributed by atoms with Crippen molar-refractivity contribution in [3.63, 3.8) is 0 Å². The Balaban J connectivity index is 3.14. The van der Waals surface area contributed by atoms with Gasteiger partial charge in [0.05, 0.1) is 11.4 Å². The van der Waals surface area contributed by atoms with Gasteiger partial charge in [-0.05, 0) is 12.1 Å². The van der Waals surface area contributed by atoms with E-state index in [4.69, 9.17) is 5.73 Å². The summed E-state index contributed by atoms with van der Waals surface area (Å²) < 4.78 is 46.5. The van der Waals surface area contributed by atoms with Crippen LogP contribution in [-0.4, -0.2) is 35.2 Å². The Hall–Kier alpha value is -1.28. The molecule has 1 rings (SSSR count). The van der Waals surface area contributed by atoms with Crippen molar-refractivity contribution in [1.29, 1.82) is 0 Å². The molecule has 0 saturated carbocycles. The highest BCUT2D eigenvalue weighted by molar-refractivity contribution is 8.08. The third-order valence-corrected chi connectivity index (χ3v) is 5.99. The lowest BCUT2D eigenvalue weighted by Gasteiger charge is -2.20. The topological polar surface area (TPSA) is 97.5 Å². The van der Waals surface area contributed by atoms with E-state index in [9.17, 15) is 16.8 Å². The van der Waals surface area contributed by atoms with E-state index in [1.54, 1.807) is 18.2 Å². The van der Waals surface area contributed by atoms with E-state index in [-0.39, 0.29) is 11.4 Å². The van der Waals surface area contributed by atoms with Gasteiger partial charge in [0.2, 0.25) is 10.0 Å². The summed E-state index contributed by atoms with van der Waals surface area (Å²) in [6.45, 7) is 0. The average Bonchev–Trinajstić information content (AvgIpc) is 2.13. The van der Waals surface area contributed by atoms with Gasteiger partial charge in [-0.25, -0.2) is 16.8 Å². The molecule has 0 heterocycles. The van der Waals surface area contributed by atoms with Crippen LogP contribution in [0, 0.1) is 0 Å². The van der Waals surface area contributed by atoms with Crippen LogP contribution in [0.4, 0.5) is 11.4 Å². The highest BCUT2D eigenvalue weighted by Gasteiger charge is 2.24. The second-order valence-corrected chi connectivity index (χ2v) is 8.19. The standard InChI is InChI=1S/C9H14N2O4S2/c1-11(9-6-4-3-5-8(9)10)17(14,15)7-16(2,12)13/h3-6H,7,10H2,1-2H3. The highest BCUT2D eigenvalue weighted by atomic mass is 32.3. The molecular formula is C9H14N2O4S2. The van der Waals surface area contributed by atoms with E-state index in [1.165, 1.54) is 13.1 Å². The van der Waals surface area contributed by atoms with Gasteiger partial charge < -0.3 is 5.73 Å². The van der Waals surface area contributed by atoms with Crippen LogP contribution >= 0.6 is 0 Å². The molecule has 0 atom stereocenters. The van der Waals surface area contributed by atoms with Crippen molar-refractivity contribution in [2.75, 3.05) is 28.4 Å². The summed E-state index contributed by atoms with van der Waals surface area (Å²) in [4.78, 5) is 0. The predicted molar refractivity (Wildman–Crippen MR) is 67.9 cm³/mol. The number of nitrogens with two attached hydrogens (primary N) is 1. The first-order valence-electron chi connectivity index (χ1n) is 4.62. The number of sulfonamides is 1. The maximum absolute atomic E-state index is 11.8. The predicted octanol–water partition coefficient (Wildman–Crippen LogP) is 0.0369. The fourth-order valence-electron chi connectivity index (χ4n) is 1.27. The van der Waals surface area contributed by atoms with Gasteiger partial charge in [-0.15, -0.1) is 0 Å². The zero-order valence-electron chi connectivity index (χ0n) is 9.49. The Kier molecular flexibility index (Phi) is 3.68. The quantitative estimate of drug-likeness (QED) is 0.784. The molecule has 0 fully saturated rings. The van der Waals surface area contributed by atoms with Crippen LogP contribution in [0.15, 0.2) is 24.3 Å². The Bertz CT molecular complexity index is 608. The highest BCUT2D eigenvalue weighted by Crippen LogP contribution is 2.23. The lowest BCUT2D eigenvalue weighted by Crippen LogP contribution is -2.32. The zero-order chi connectivity index (χ0) is 13.3. The van der Waals surface area contributed by atoms with E-state index in [2.05, 4.69) is 0 Å². The minimum atomic E-state index is -3.93. The van der Waals surface area contributed by atoms with Gasteiger partial charge in [0.25, 0.3) is 0 Å². The summed E-state index contributed by atoms with van der Waals surface area (Å²) in [5.74, 6) is 0. The molecule has 17 heavy (non-hydrogen) atoms. The largest absolute Gasteiger partial charge is 0.397 e. The third-order valence-electron chi connectivity index (χ3n) is 2.06. The van der Waals surface area contributed by atoms with Crippen molar-refractivity contribution in [3.05, 3.63) is 24.3 Å². The molecular weight excluding hydrogens is 264 g/mol. The number of benzene rings is 1. The maximum Gasteiger partial charge on any atom is 0.249 e. The van der Waals surface area contributed by atoms with Gasteiger partial charge in [0, 0.05) is 13.3 Å². The van der Waals surface area contributed by atoms with Gasteiger partial charge in [0.15, 0.2) is 14.9 Å². The van der Waals surface area contributed by atoms with Crippen LogP contribution < -0.4 is 10.0 Å². The summed E-state index contributed by atoms with van der Waals surface area (Å²) in [5.41, 5.74) is 6.16. The van der Waals surface area contributed by atoms with Crippen molar-refractivity contribution in [3.8, 4) is 0 Å². The van der Waals surface area contributed by atoms with Gasteiger partial charge >= 0.3 is 0 Å². The molecule has 96 valence electrons. The van der Waals surface area contributed by atoms with Crippen molar-refractivity contribution in [2.45, 2.75) is 0 Å². The first-order chi connectivity index (χ1) is 7.63. The SMILES string of the molecule is CN(c1ccccc1N)S(=O)(=O)CS(C)(=O)=O. The minimum Gasteiger partial charge on any atom is -0.397 e. The van der Waals surface area contributed by atoms with E-state index in [0.29, 0.717) is 0 Å². The van der Waals surface area contributed by atoms with Gasteiger partial charge in [-0.2, -0.15) is 0 Å². The van der Waals surface area contributed by atoms with Crippen LogP contribution in [0.5, 0.6) is 0 Å². The van der Waals surface area contributed by atoms with Crippen LogP contribution in [0.25, 0.3) is 0 Å². The number of para-hydroxylation sites is 2. The molecule has 0 spiro atoms. The number of rotatable bonds is 4. The van der Waals surface area contributed by atoms with E-state index in [0.717, 1.165) is 10.6 Å². The molecule has 0 aliphatic carbocycles. The number of hydrogen-bond donors (Lipinski definition) is 1. The summed E-state index contributed by atoms with van der Waals surface area (Å²) >= 11 is 0. The number of sulfone groups is 1. The van der Waals surface area contributed by atoms with Gasteiger partial charge in [0.1, 0.15) is 0 Å². The molecule has 0 bridgehead atoms. The van der Waals surface area contributed by atoms with Crippen molar-refractivity contribution in [1.82, 2.24) is 0 Å². The molecule has 0 aliphatic rings. The number of hydrogen-bond acceptors (Lipinski definition) is 5. The van der Waals surface area contributed by atoms with Crippen LogP contribution in [0.1, 0.15) is 0 Å². The number of nitrogens with zero attached hydrogens (tertiary/aromatic N) is 1.